The third-order valence-corrected chi connectivity index (χ3v) is 5.46. The molecule has 6 heteroatoms. The van der Waals surface area contributed by atoms with Gasteiger partial charge in [-0.25, -0.2) is 4.98 Å². The Bertz CT molecular complexity index is 917. The van der Waals surface area contributed by atoms with E-state index in [2.05, 4.69) is 25.8 Å². The molecule has 0 atom stereocenters. The first-order chi connectivity index (χ1) is 13.1. The number of hydrogen-bond donors (Lipinski definition) is 0. The molecule has 5 nitrogen and oxygen atoms in total. The number of benzene rings is 1. The van der Waals surface area contributed by atoms with Gasteiger partial charge in [0.25, 0.3) is 0 Å². The van der Waals surface area contributed by atoms with E-state index in [-0.39, 0.29) is 6.10 Å². The van der Waals surface area contributed by atoms with Crippen molar-refractivity contribution in [1.82, 2.24) is 19.7 Å². The van der Waals surface area contributed by atoms with Gasteiger partial charge in [-0.1, -0.05) is 23.7 Å². The molecule has 0 radical (unpaired) electrons. The number of nitrogens with zero attached hydrogens (tertiary/aromatic N) is 4. The van der Waals surface area contributed by atoms with Crippen LogP contribution in [0.1, 0.15) is 48.8 Å². The first kappa shape index (κ1) is 18.0. The highest BCUT2D eigenvalue weighted by atomic mass is 35.5. The van der Waals surface area contributed by atoms with Gasteiger partial charge in [0.15, 0.2) is 0 Å². The summed E-state index contributed by atoms with van der Waals surface area (Å²) in [6.45, 7) is 4.01. The van der Waals surface area contributed by atoms with Crippen LogP contribution >= 0.6 is 11.6 Å². The lowest BCUT2D eigenvalue weighted by Gasteiger charge is -2.28. The molecule has 1 aromatic carbocycles. The van der Waals surface area contributed by atoms with Crippen LogP contribution in [-0.4, -0.2) is 25.9 Å². The van der Waals surface area contributed by atoms with Crippen molar-refractivity contribution in [2.24, 2.45) is 0 Å². The number of halogens is 1. The average molecular weight is 383 g/mol. The molecule has 1 fully saturated rings. The Hall–Kier alpha value is -2.40. The van der Waals surface area contributed by atoms with E-state index in [0.717, 1.165) is 53.6 Å². The summed E-state index contributed by atoms with van der Waals surface area (Å²) in [7, 11) is 0. The summed E-state index contributed by atoms with van der Waals surface area (Å²) in [5.41, 5.74) is 2.09. The molecule has 4 rings (SSSR count). The third kappa shape index (κ3) is 3.83. The van der Waals surface area contributed by atoms with Crippen molar-refractivity contribution in [1.29, 1.82) is 0 Å². The smallest absolute Gasteiger partial charge is 0.213 e. The minimum Gasteiger partial charge on any atom is -0.474 e. The summed E-state index contributed by atoms with van der Waals surface area (Å²) in [5, 5.41) is 9.55. The maximum absolute atomic E-state index is 6.51. The van der Waals surface area contributed by atoms with E-state index in [1.54, 1.807) is 6.20 Å². The molecule has 0 unspecified atom stereocenters. The minimum absolute atomic E-state index is 0.205. The van der Waals surface area contributed by atoms with Crippen molar-refractivity contribution in [2.45, 2.75) is 51.6 Å². The predicted octanol–water partition coefficient (Wildman–Crippen LogP) is 5.04. The van der Waals surface area contributed by atoms with Crippen molar-refractivity contribution in [3.05, 3.63) is 64.8 Å². The van der Waals surface area contributed by atoms with Gasteiger partial charge >= 0.3 is 0 Å². The standard InChI is InChI=1S/C21H23ClN4O/c1-14-6-11-19(18(22)13-14)26-15(2)24-25-21(26)16-7-9-17(10-8-16)27-20-5-3-4-12-23-20/h3-6,11-13,16-17H,7-10H2,1-2H3. The Morgan fingerprint density at radius 2 is 1.85 bits per heavy atom. The van der Waals surface area contributed by atoms with Crippen molar-refractivity contribution in [3.63, 3.8) is 0 Å². The number of aromatic nitrogens is 4. The van der Waals surface area contributed by atoms with Crippen LogP contribution in [0.3, 0.4) is 0 Å². The Balaban J connectivity index is 1.51. The van der Waals surface area contributed by atoms with Gasteiger partial charge in [-0.3, -0.25) is 4.57 Å². The minimum atomic E-state index is 0.205. The highest BCUT2D eigenvalue weighted by Gasteiger charge is 2.28. The second-order valence-corrected chi connectivity index (χ2v) is 7.56. The molecule has 27 heavy (non-hydrogen) atoms. The highest BCUT2D eigenvalue weighted by Crippen LogP contribution is 2.35. The summed E-state index contributed by atoms with van der Waals surface area (Å²) >= 11 is 6.51. The molecule has 0 amide bonds. The van der Waals surface area contributed by atoms with E-state index in [9.17, 15) is 0 Å². The van der Waals surface area contributed by atoms with Crippen LogP contribution in [0.2, 0.25) is 5.02 Å². The molecular weight excluding hydrogens is 360 g/mol. The molecule has 140 valence electrons. The van der Waals surface area contributed by atoms with Gasteiger partial charge in [0, 0.05) is 18.2 Å². The molecule has 0 spiro atoms. The summed E-state index contributed by atoms with van der Waals surface area (Å²) in [6.07, 6.45) is 5.95. The molecule has 0 saturated heterocycles. The summed E-state index contributed by atoms with van der Waals surface area (Å²) < 4.78 is 8.12. The molecule has 0 N–H and O–H groups in total. The van der Waals surface area contributed by atoms with E-state index < -0.39 is 0 Å². The van der Waals surface area contributed by atoms with Crippen molar-refractivity contribution < 1.29 is 4.74 Å². The van der Waals surface area contributed by atoms with Gasteiger partial charge in [-0.2, -0.15) is 0 Å². The maximum atomic E-state index is 6.51. The van der Waals surface area contributed by atoms with Gasteiger partial charge in [0.05, 0.1) is 10.7 Å². The summed E-state index contributed by atoms with van der Waals surface area (Å²) in [6, 6.07) is 11.9. The fourth-order valence-corrected chi connectivity index (χ4v) is 4.08. The molecule has 0 aliphatic heterocycles. The van der Waals surface area contributed by atoms with Crippen LogP contribution < -0.4 is 4.74 Å². The van der Waals surface area contributed by atoms with Gasteiger partial charge in [-0.15, -0.1) is 10.2 Å². The number of pyridine rings is 1. The van der Waals surface area contributed by atoms with E-state index in [0.29, 0.717) is 11.8 Å². The third-order valence-electron chi connectivity index (χ3n) is 5.16. The maximum Gasteiger partial charge on any atom is 0.213 e. The number of rotatable bonds is 4. The molecule has 1 aliphatic carbocycles. The number of hydrogen-bond acceptors (Lipinski definition) is 4. The first-order valence-corrected chi connectivity index (χ1v) is 9.75. The van der Waals surface area contributed by atoms with E-state index in [1.807, 2.05) is 44.2 Å². The molecule has 1 saturated carbocycles. The number of aryl methyl sites for hydroxylation is 2. The summed E-state index contributed by atoms with van der Waals surface area (Å²) in [4.78, 5) is 4.26. The lowest BCUT2D eigenvalue weighted by molar-refractivity contribution is 0.139. The molecule has 2 aromatic heterocycles. The topological polar surface area (TPSA) is 52.8 Å². The Morgan fingerprint density at radius 3 is 2.56 bits per heavy atom. The zero-order valence-corrected chi connectivity index (χ0v) is 16.4. The Morgan fingerprint density at radius 1 is 1.04 bits per heavy atom. The van der Waals surface area contributed by atoms with Gasteiger partial charge in [-0.05, 0) is 63.3 Å². The normalized spacial score (nSPS) is 19.8. The van der Waals surface area contributed by atoms with Crippen LogP contribution in [0, 0.1) is 13.8 Å². The van der Waals surface area contributed by atoms with Crippen molar-refractivity contribution in [3.8, 4) is 11.6 Å². The largest absolute Gasteiger partial charge is 0.474 e. The van der Waals surface area contributed by atoms with Gasteiger partial charge in [0.1, 0.15) is 17.8 Å². The Kier molecular flexibility index (Phi) is 5.12. The van der Waals surface area contributed by atoms with Crippen molar-refractivity contribution in [2.75, 3.05) is 0 Å². The fourth-order valence-electron chi connectivity index (χ4n) is 3.76. The van der Waals surface area contributed by atoms with Crippen LogP contribution in [0.15, 0.2) is 42.6 Å². The second kappa shape index (κ2) is 7.69. The molecule has 1 aliphatic rings. The summed E-state index contributed by atoms with van der Waals surface area (Å²) in [5.74, 6) is 2.91. The van der Waals surface area contributed by atoms with E-state index >= 15 is 0 Å². The molecule has 0 bridgehead atoms. The van der Waals surface area contributed by atoms with Crippen LogP contribution in [-0.2, 0) is 0 Å². The molecule has 3 aromatic rings. The molecule has 2 heterocycles. The SMILES string of the molecule is Cc1ccc(-n2c(C)nnc2C2CCC(Oc3ccccn3)CC2)c(Cl)c1. The number of ether oxygens (including phenoxy) is 1. The lowest BCUT2D eigenvalue weighted by atomic mass is 9.86. The highest BCUT2D eigenvalue weighted by molar-refractivity contribution is 6.32. The van der Waals surface area contributed by atoms with E-state index in [4.69, 9.17) is 16.3 Å². The predicted molar refractivity (Wildman–Crippen MR) is 106 cm³/mol. The van der Waals surface area contributed by atoms with Crippen LogP contribution in [0.4, 0.5) is 0 Å². The zero-order valence-electron chi connectivity index (χ0n) is 15.6. The quantitative estimate of drug-likeness (QED) is 0.634. The molecular formula is C21H23ClN4O. The monoisotopic (exact) mass is 382 g/mol. The second-order valence-electron chi connectivity index (χ2n) is 7.16. The first-order valence-electron chi connectivity index (χ1n) is 9.38. The van der Waals surface area contributed by atoms with E-state index in [1.165, 1.54) is 0 Å². The van der Waals surface area contributed by atoms with Crippen LogP contribution in [0.5, 0.6) is 5.88 Å². The van der Waals surface area contributed by atoms with Crippen LogP contribution in [0.25, 0.3) is 5.69 Å². The average Bonchev–Trinajstić information content (AvgIpc) is 3.05. The van der Waals surface area contributed by atoms with Crippen molar-refractivity contribution >= 4 is 11.6 Å². The lowest BCUT2D eigenvalue weighted by Crippen LogP contribution is -2.25. The van der Waals surface area contributed by atoms with Gasteiger partial charge < -0.3 is 4.74 Å². The zero-order chi connectivity index (χ0) is 18.8. The Labute approximate surface area is 164 Å². The fraction of sp³-hybridized carbons (Fsp3) is 0.381. The van der Waals surface area contributed by atoms with Gasteiger partial charge in [0.2, 0.25) is 5.88 Å².